The molecule has 0 unspecified atom stereocenters. The van der Waals surface area contributed by atoms with Gasteiger partial charge in [0.05, 0.1) is 0 Å². The van der Waals surface area contributed by atoms with Crippen LogP contribution in [-0.4, -0.2) is 0 Å². The zero-order valence-corrected chi connectivity index (χ0v) is 18.5. The number of rotatable bonds is 5. The molecule has 4 aromatic rings. The Kier molecular flexibility index (Phi) is 8.19. The molecule has 4 aromatic carbocycles. The lowest BCUT2D eigenvalue weighted by molar-refractivity contribution is 0.442. The fourth-order valence-electron chi connectivity index (χ4n) is 2.63. The van der Waals surface area contributed by atoms with Crippen LogP contribution in [0.5, 0.6) is 23.0 Å². The van der Waals surface area contributed by atoms with Crippen LogP contribution in [0.3, 0.4) is 0 Å². The summed E-state index contributed by atoms with van der Waals surface area (Å²) >= 11 is 3.32. The maximum atomic E-state index is 13.5. The molecule has 0 bridgehead atoms. The first-order valence-electron chi connectivity index (χ1n) is 9.61. The van der Waals surface area contributed by atoms with E-state index in [-0.39, 0.29) is 23.1 Å². The lowest BCUT2D eigenvalue weighted by atomic mass is 10.2. The first kappa shape index (κ1) is 22.5. The topological polar surface area (TPSA) is 18.5 Å². The fraction of sp³-hybridized carbons (Fsp3) is 0.0769. The standard InChI is InChI=1S/C13H10BrFO.C13H11FO/c14-9-10-6-7-12(15)13(8-10)16-11-4-2-1-3-5-11;1-10-7-8-12(14)13(9-10)15-11-5-3-2-4-6-11/h1-8H,9H2;2-9H,1H3. The second-order valence-corrected chi connectivity index (χ2v) is 7.22. The summed E-state index contributed by atoms with van der Waals surface area (Å²) in [6.07, 6.45) is 0. The Morgan fingerprint density at radius 2 is 1.13 bits per heavy atom. The van der Waals surface area contributed by atoms with Crippen molar-refractivity contribution in [3.05, 3.63) is 120 Å². The summed E-state index contributed by atoms with van der Waals surface area (Å²) in [6.45, 7) is 1.90. The van der Waals surface area contributed by atoms with Crippen LogP contribution in [0.15, 0.2) is 97.1 Å². The molecule has 0 aliphatic heterocycles. The van der Waals surface area contributed by atoms with Gasteiger partial charge in [-0.05, 0) is 66.6 Å². The van der Waals surface area contributed by atoms with Gasteiger partial charge in [0.15, 0.2) is 23.1 Å². The summed E-state index contributed by atoms with van der Waals surface area (Å²) in [5.74, 6) is 1.09. The predicted molar refractivity (Wildman–Crippen MR) is 123 cm³/mol. The average Bonchev–Trinajstić information content (AvgIpc) is 2.80. The van der Waals surface area contributed by atoms with Crippen LogP contribution in [0.25, 0.3) is 0 Å². The Bertz CT molecular complexity index is 1100. The first-order valence-corrected chi connectivity index (χ1v) is 10.7. The molecule has 0 saturated carbocycles. The highest BCUT2D eigenvalue weighted by molar-refractivity contribution is 9.08. The second-order valence-electron chi connectivity index (χ2n) is 6.66. The fourth-order valence-corrected chi connectivity index (χ4v) is 2.98. The van der Waals surface area contributed by atoms with E-state index in [0.717, 1.165) is 11.1 Å². The van der Waals surface area contributed by atoms with Gasteiger partial charge in [0.1, 0.15) is 11.5 Å². The highest BCUT2D eigenvalue weighted by Gasteiger charge is 2.06. The molecular weight excluding hydrogens is 462 g/mol. The Labute approximate surface area is 189 Å². The molecule has 0 fully saturated rings. The molecular formula is C26H21BrF2O2. The van der Waals surface area contributed by atoms with Crippen LogP contribution in [0.1, 0.15) is 11.1 Å². The molecule has 2 nitrogen and oxygen atoms in total. The van der Waals surface area contributed by atoms with Gasteiger partial charge in [-0.2, -0.15) is 0 Å². The minimum atomic E-state index is -0.353. The molecule has 0 saturated heterocycles. The lowest BCUT2D eigenvalue weighted by Gasteiger charge is -2.07. The van der Waals surface area contributed by atoms with Gasteiger partial charge in [-0.15, -0.1) is 0 Å². The number of aryl methyl sites for hydroxylation is 1. The molecule has 0 N–H and O–H groups in total. The molecule has 0 atom stereocenters. The number of hydrogen-bond donors (Lipinski definition) is 0. The van der Waals surface area contributed by atoms with Gasteiger partial charge in [0, 0.05) is 5.33 Å². The average molecular weight is 483 g/mol. The summed E-state index contributed by atoms with van der Waals surface area (Å²) in [7, 11) is 0. The van der Waals surface area contributed by atoms with Crippen molar-refractivity contribution >= 4 is 15.9 Å². The lowest BCUT2D eigenvalue weighted by Crippen LogP contribution is -1.89. The molecule has 0 aromatic heterocycles. The third-order valence-corrected chi connectivity index (χ3v) is 4.83. The van der Waals surface area contributed by atoms with Crippen LogP contribution in [0, 0.1) is 18.6 Å². The van der Waals surface area contributed by atoms with Crippen molar-refractivity contribution in [3.63, 3.8) is 0 Å². The smallest absolute Gasteiger partial charge is 0.165 e. The van der Waals surface area contributed by atoms with E-state index in [0.29, 0.717) is 16.8 Å². The highest BCUT2D eigenvalue weighted by atomic mass is 79.9. The number of alkyl halides is 1. The SMILES string of the molecule is Cc1ccc(F)c(Oc2ccccc2)c1.Fc1ccc(CBr)cc1Oc1ccccc1. The van der Waals surface area contributed by atoms with E-state index in [1.807, 2.05) is 43.3 Å². The zero-order chi connectivity index (χ0) is 22.1. The number of hydrogen-bond acceptors (Lipinski definition) is 2. The Balaban J connectivity index is 0.000000176. The summed E-state index contributed by atoms with van der Waals surface area (Å²) in [6, 6.07) is 28.0. The van der Waals surface area contributed by atoms with Gasteiger partial charge in [-0.1, -0.05) is 64.5 Å². The van der Waals surface area contributed by atoms with Crippen molar-refractivity contribution in [2.24, 2.45) is 0 Å². The van der Waals surface area contributed by atoms with Crippen LogP contribution in [-0.2, 0) is 5.33 Å². The third kappa shape index (κ3) is 6.93. The molecule has 0 aliphatic rings. The van der Waals surface area contributed by atoms with Crippen molar-refractivity contribution in [2.45, 2.75) is 12.3 Å². The van der Waals surface area contributed by atoms with E-state index in [9.17, 15) is 8.78 Å². The molecule has 0 spiro atoms. The number of ether oxygens (including phenoxy) is 2. The van der Waals surface area contributed by atoms with Crippen LogP contribution < -0.4 is 9.47 Å². The van der Waals surface area contributed by atoms with Crippen LogP contribution in [0.2, 0.25) is 0 Å². The van der Waals surface area contributed by atoms with E-state index < -0.39 is 0 Å². The van der Waals surface area contributed by atoms with Gasteiger partial charge in [-0.25, -0.2) is 8.78 Å². The number of benzene rings is 4. The minimum absolute atomic E-state index is 0.253. The maximum absolute atomic E-state index is 13.5. The summed E-state index contributed by atoms with van der Waals surface area (Å²) in [5, 5.41) is 0.679. The summed E-state index contributed by atoms with van der Waals surface area (Å²) in [5.41, 5.74) is 1.95. The molecule has 4 rings (SSSR count). The summed E-state index contributed by atoms with van der Waals surface area (Å²) < 4.78 is 37.7. The quantitative estimate of drug-likeness (QED) is 0.265. The van der Waals surface area contributed by atoms with Crippen LogP contribution >= 0.6 is 15.9 Å². The highest BCUT2D eigenvalue weighted by Crippen LogP contribution is 2.26. The van der Waals surface area contributed by atoms with Crippen molar-refractivity contribution in [2.75, 3.05) is 0 Å². The molecule has 0 radical (unpaired) electrons. The van der Waals surface area contributed by atoms with Gasteiger partial charge < -0.3 is 9.47 Å². The van der Waals surface area contributed by atoms with Crippen LogP contribution in [0.4, 0.5) is 8.78 Å². The maximum Gasteiger partial charge on any atom is 0.165 e. The number of halogens is 3. The van der Waals surface area contributed by atoms with Crippen molar-refractivity contribution in [3.8, 4) is 23.0 Å². The first-order chi connectivity index (χ1) is 15.0. The van der Waals surface area contributed by atoms with E-state index in [1.165, 1.54) is 12.1 Å². The largest absolute Gasteiger partial charge is 0.454 e. The molecule has 5 heteroatoms. The molecule has 31 heavy (non-hydrogen) atoms. The minimum Gasteiger partial charge on any atom is -0.454 e. The van der Waals surface area contributed by atoms with Gasteiger partial charge >= 0.3 is 0 Å². The molecule has 0 heterocycles. The third-order valence-electron chi connectivity index (χ3n) is 4.18. The van der Waals surface area contributed by atoms with Gasteiger partial charge in [0.2, 0.25) is 0 Å². The Morgan fingerprint density at radius 1 is 0.645 bits per heavy atom. The zero-order valence-electron chi connectivity index (χ0n) is 16.9. The Hall–Kier alpha value is -3.18. The monoisotopic (exact) mass is 482 g/mol. The van der Waals surface area contributed by atoms with E-state index >= 15 is 0 Å². The summed E-state index contributed by atoms with van der Waals surface area (Å²) in [4.78, 5) is 0. The van der Waals surface area contributed by atoms with Crippen molar-refractivity contribution < 1.29 is 18.3 Å². The van der Waals surface area contributed by atoms with Gasteiger partial charge in [-0.3, -0.25) is 0 Å². The molecule has 0 aliphatic carbocycles. The molecule has 0 amide bonds. The van der Waals surface area contributed by atoms with Crippen molar-refractivity contribution in [1.82, 2.24) is 0 Å². The van der Waals surface area contributed by atoms with E-state index in [4.69, 9.17) is 9.47 Å². The van der Waals surface area contributed by atoms with Gasteiger partial charge in [0.25, 0.3) is 0 Å². The second kappa shape index (κ2) is 11.3. The van der Waals surface area contributed by atoms with E-state index in [2.05, 4.69) is 15.9 Å². The predicted octanol–water partition coefficient (Wildman–Crippen LogP) is 8.44. The van der Waals surface area contributed by atoms with Crippen molar-refractivity contribution in [1.29, 1.82) is 0 Å². The van der Waals surface area contributed by atoms with E-state index in [1.54, 1.807) is 48.5 Å². The number of para-hydroxylation sites is 2. The normalized spacial score (nSPS) is 10.1. The Morgan fingerprint density at radius 3 is 1.65 bits per heavy atom. The molecule has 158 valence electrons.